The molecule has 0 unspecified atom stereocenters. The van der Waals surface area contributed by atoms with Crippen molar-refractivity contribution in [2.24, 2.45) is 0 Å². The Kier molecular flexibility index (Phi) is 4.94. The van der Waals surface area contributed by atoms with Crippen LogP contribution in [-0.2, 0) is 0 Å². The first kappa shape index (κ1) is 19.3. The number of fused-ring (bicyclic) bond motifs is 1. The molecule has 3 aromatic rings. The summed E-state index contributed by atoms with van der Waals surface area (Å²) in [6, 6.07) is 14.9. The van der Waals surface area contributed by atoms with Crippen LogP contribution in [0.4, 0.5) is 15.8 Å². The monoisotopic (exact) mass is 472 g/mol. The molecular weight excluding hydrogens is 463 g/mol. The Balaban J connectivity index is 1.60. The maximum Gasteiger partial charge on any atom is 0.266 e. The number of hydrogen-bond acceptors (Lipinski definition) is 3. The average molecular weight is 474 g/mol. The van der Waals surface area contributed by atoms with Crippen molar-refractivity contribution in [2.75, 3.05) is 10.2 Å². The van der Waals surface area contributed by atoms with E-state index >= 15 is 0 Å². The third-order valence-electron chi connectivity index (χ3n) is 4.42. The van der Waals surface area contributed by atoms with Gasteiger partial charge in [-0.25, -0.2) is 9.29 Å². The first-order valence-corrected chi connectivity index (χ1v) is 9.57. The summed E-state index contributed by atoms with van der Waals surface area (Å²) in [5.74, 6) is -2.27. The van der Waals surface area contributed by atoms with E-state index in [0.717, 1.165) is 4.90 Å². The molecule has 0 saturated carbocycles. The lowest BCUT2D eigenvalue weighted by atomic mass is 10.1. The van der Waals surface area contributed by atoms with Crippen molar-refractivity contribution in [1.82, 2.24) is 0 Å². The fourth-order valence-corrected chi connectivity index (χ4v) is 3.64. The Labute approximate surface area is 178 Å². The minimum atomic E-state index is -0.675. The van der Waals surface area contributed by atoms with Gasteiger partial charge in [-0.2, -0.15) is 0 Å². The molecule has 0 saturated heterocycles. The summed E-state index contributed by atoms with van der Waals surface area (Å²) in [5.41, 5.74) is 0.968. The van der Waals surface area contributed by atoms with Crippen LogP contribution < -0.4 is 10.2 Å². The predicted octanol–water partition coefficient (Wildman–Crippen LogP) is 5.29. The second-order valence-corrected chi connectivity index (χ2v) is 7.56. The van der Waals surface area contributed by atoms with Gasteiger partial charge in [-0.3, -0.25) is 14.4 Å². The topological polar surface area (TPSA) is 66.5 Å². The Morgan fingerprint density at radius 2 is 1.62 bits per heavy atom. The van der Waals surface area contributed by atoms with Gasteiger partial charge in [0.25, 0.3) is 17.7 Å². The van der Waals surface area contributed by atoms with E-state index in [4.69, 9.17) is 11.6 Å². The molecule has 4 rings (SSSR count). The Bertz CT molecular complexity index is 1160. The molecule has 1 heterocycles. The number of carbonyl (C=O) groups is 3. The van der Waals surface area contributed by atoms with Crippen LogP contribution in [0.15, 0.2) is 65.1 Å². The van der Waals surface area contributed by atoms with Crippen LogP contribution in [0, 0.1) is 5.82 Å². The fourth-order valence-electron chi connectivity index (χ4n) is 3.05. The molecular formula is C21H11BrClFN2O3. The van der Waals surface area contributed by atoms with Crippen molar-refractivity contribution in [3.63, 3.8) is 0 Å². The zero-order chi connectivity index (χ0) is 20.7. The molecule has 0 fully saturated rings. The van der Waals surface area contributed by atoms with E-state index in [1.165, 1.54) is 30.3 Å². The van der Waals surface area contributed by atoms with Gasteiger partial charge in [0, 0.05) is 10.2 Å². The highest BCUT2D eigenvalue weighted by atomic mass is 79.9. The van der Waals surface area contributed by atoms with Crippen molar-refractivity contribution in [3.05, 3.63) is 92.7 Å². The number of anilines is 2. The van der Waals surface area contributed by atoms with Gasteiger partial charge in [-0.15, -0.1) is 0 Å². The number of carbonyl (C=O) groups excluding carboxylic acids is 3. The van der Waals surface area contributed by atoms with Gasteiger partial charge < -0.3 is 5.32 Å². The quantitative estimate of drug-likeness (QED) is 0.525. The third-order valence-corrected chi connectivity index (χ3v) is 5.21. The highest BCUT2D eigenvalue weighted by molar-refractivity contribution is 9.10. The highest BCUT2D eigenvalue weighted by Gasteiger charge is 2.37. The summed E-state index contributed by atoms with van der Waals surface area (Å²) in [6.45, 7) is 0. The average Bonchev–Trinajstić information content (AvgIpc) is 2.93. The molecule has 29 heavy (non-hydrogen) atoms. The van der Waals surface area contributed by atoms with Gasteiger partial charge in [0.1, 0.15) is 5.82 Å². The summed E-state index contributed by atoms with van der Waals surface area (Å²) in [4.78, 5) is 38.5. The fraction of sp³-hybridized carbons (Fsp3) is 0. The molecule has 8 heteroatoms. The SMILES string of the molecule is O=C(Nc1ccc(N2C(=O)c3ccccc3C2=O)c(Cl)c1)c1ccc(Br)cc1F. The predicted molar refractivity (Wildman–Crippen MR) is 111 cm³/mol. The van der Waals surface area contributed by atoms with Crippen LogP contribution in [0.2, 0.25) is 5.02 Å². The zero-order valence-corrected chi connectivity index (χ0v) is 16.9. The van der Waals surface area contributed by atoms with E-state index in [9.17, 15) is 18.8 Å². The van der Waals surface area contributed by atoms with Gasteiger partial charge in [0.2, 0.25) is 0 Å². The maximum atomic E-state index is 14.0. The summed E-state index contributed by atoms with van der Waals surface area (Å²) in [5, 5.41) is 2.64. The number of imide groups is 1. The van der Waals surface area contributed by atoms with Crippen molar-refractivity contribution in [2.45, 2.75) is 0 Å². The summed E-state index contributed by atoms with van der Waals surface area (Å²) >= 11 is 9.42. The molecule has 1 aliphatic rings. The second-order valence-electron chi connectivity index (χ2n) is 6.24. The molecule has 1 aliphatic heterocycles. The van der Waals surface area contributed by atoms with Gasteiger partial charge in [-0.05, 0) is 48.5 Å². The normalized spacial score (nSPS) is 12.9. The van der Waals surface area contributed by atoms with E-state index in [1.54, 1.807) is 30.3 Å². The standard InChI is InChI=1S/C21H11BrClFN2O3/c22-11-5-7-15(17(24)9-11)19(27)25-12-6-8-18(16(23)10-12)26-20(28)13-3-1-2-4-14(13)21(26)29/h1-10H,(H,25,27). The summed E-state index contributed by atoms with van der Waals surface area (Å²) in [6.07, 6.45) is 0. The number of halogens is 3. The maximum absolute atomic E-state index is 14.0. The molecule has 144 valence electrons. The van der Waals surface area contributed by atoms with Crippen molar-refractivity contribution >= 4 is 56.6 Å². The van der Waals surface area contributed by atoms with E-state index in [2.05, 4.69) is 21.2 Å². The van der Waals surface area contributed by atoms with E-state index in [1.807, 2.05) is 0 Å². The number of nitrogens with zero attached hydrogens (tertiary/aromatic N) is 1. The molecule has 0 spiro atoms. The number of rotatable bonds is 3. The molecule has 3 amide bonds. The molecule has 0 atom stereocenters. The summed E-state index contributed by atoms with van der Waals surface area (Å²) < 4.78 is 14.5. The molecule has 5 nitrogen and oxygen atoms in total. The zero-order valence-electron chi connectivity index (χ0n) is 14.6. The molecule has 0 radical (unpaired) electrons. The Morgan fingerprint density at radius 1 is 0.966 bits per heavy atom. The van der Waals surface area contributed by atoms with Crippen LogP contribution in [0.3, 0.4) is 0 Å². The summed E-state index contributed by atoms with van der Waals surface area (Å²) in [7, 11) is 0. The first-order chi connectivity index (χ1) is 13.9. The third kappa shape index (κ3) is 3.43. The number of amides is 3. The lowest BCUT2D eigenvalue weighted by molar-refractivity contribution is 0.0924. The number of benzene rings is 3. The van der Waals surface area contributed by atoms with Gasteiger partial charge in [0.05, 0.1) is 27.4 Å². The lowest BCUT2D eigenvalue weighted by Gasteiger charge is -2.16. The van der Waals surface area contributed by atoms with Crippen molar-refractivity contribution in [3.8, 4) is 0 Å². The van der Waals surface area contributed by atoms with Crippen LogP contribution in [0.5, 0.6) is 0 Å². The number of nitrogens with one attached hydrogen (secondary N) is 1. The first-order valence-electron chi connectivity index (χ1n) is 8.40. The van der Waals surface area contributed by atoms with Gasteiger partial charge in [0.15, 0.2) is 0 Å². The molecule has 0 bridgehead atoms. The van der Waals surface area contributed by atoms with Crippen LogP contribution in [0.25, 0.3) is 0 Å². The second kappa shape index (κ2) is 7.42. The number of hydrogen-bond donors (Lipinski definition) is 1. The lowest BCUT2D eigenvalue weighted by Crippen LogP contribution is -2.29. The Morgan fingerprint density at radius 3 is 2.21 bits per heavy atom. The van der Waals surface area contributed by atoms with E-state index in [0.29, 0.717) is 21.3 Å². The Hall–Kier alpha value is -3.03. The van der Waals surface area contributed by atoms with Crippen molar-refractivity contribution in [1.29, 1.82) is 0 Å². The van der Waals surface area contributed by atoms with E-state index < -0.39 is 23.5 Å². The molecule has 3 aromatic carbocycles. The highest BCUT2D eigenvalue weighted by Crippen LogP contribution is 2.35. The van der Waals surface area contributed by atoms with Gasteiger partial charge >= 0.3 is 0 Å². The van der Waals surface area contributed by atoms with E-state index in [-0.39, 0.29) is 16.3 Å². The molecule has 0 aromatic heterocycles. The largest absolute Gasteiger partial charge is 0.322 e. The minimum Gasteiger partial charge on any atom is -0.322 e. The molecule has 0 aliphatic carbocycles. The van der Waals surface area contributed by atoms with Gasteiger partial charge in [-0.1, -0.05) is 39.7 Å². The smallest absolute Gasteiger partial charge is 0.266 e. The minimum absolute atomic E-state index is 0.0913. The van der Waals surface area contributed by atoms with Crippen LogP contribution in [-0.4, -0.2) is 17.7 Å². The molecule has 1 N–H and O–H groups in total. The van der Waals surface area contributed by atoms with Crippen LogP contribution >= 0.6 is 27.5 Å². The van der Waals surface area contributed by atoms with Crippen LogP contribution in [0.1, 0.15) is 31.1 Å². The van der Waals surface area contributed by atoms with Crippen molar-refractivity contribution < 1.29 is 18.8 Å².